The fraction of sp³-hybridized carbons (Fsp3) is 0.533. The number of likely N-dealkylation sites (tertiary alicyclic amines) is 1. The molecule has 112 valence electrons. The quantitative estimate of drug-likeness (QED) is 0.917. The van der Waals surface area contributed by atoms with Crippen LogP contribution in [0.4, 0.5) is 0 Å². The second-order valence-corrected chi connectivity index (χ2v) is 6.13. The predicted octanol–water partition coefficient (Wildman–Crippen LogP) is 1.26. The lowest BCUT2D eigenvalue weighted by atomic mass is 9.83. The van der Waals surface area contributed by atoms with E-state index in [0.29, 0.717) is 6.54 Å². The van der Waals surface area contributed by atoms with E-state index in [1.54, 1.807) is 4.68 Å². The topological polar surface area (TPSA) is 67.1 Å². The summed E-state index contributed by atoms with van der Waals surface area (Å²) in [6.07, 6.45) is 2.17. The highest BCUT2D eigenvalue weighted by Crippen LogP contribution is 2.29. The molecule has 21 heavy (non-hydrogen) atoms. The molecule has 3 rings (SSSR count). The summed E-state index contributed by atoms with van der Waals surface area (Å²) in [6.45, 7) is 4.98. The zero-order chi connectivity index (χ0) is 14.7. The van der Waals surface area contributed by atoms with Crippen molar-refractivity contribution in [1.29, 1.82) is 0 Å². The van der Waals surface area contributed by atoms with Crippen molar-refractivity contribution in [2.24, 2.45) is 5.41 Å². The molecule has 1 aromatic heterocycles. The first kappa shape index (κ1) is 14.2. The lowest BCUT2D eigenvalue weighted by Gasteiger charge is -2.38. The summed E-state index contributed by atoms with van der Waals surface area (Å²) in [5, 5.41) is 21.6. The van der Waals surface area contributed by atoms with Crippen LogP contribution in [0.2, 0.25) is 0 Å². The first-order chi connectivity index (χ1) is 10.2. The van der Waals surface area contributed by atoms with Gasteiger partial charge in [0, 0.05) is 18.6 Å². The van der Waals surface area contributed by atoms with Crippen LogP contribution < -0.4 is 0 Å². The molecule has 0 bridgehead atoms. The third-order valence-electron chi connectivity index (χ3n) is 4.14. The molecule has 2 heterocycles. The van der Waals surface area contributed by atoms with Crippen LogP contribution in [-0.2, 0) is 6.54 Å². The molecule has 1 unspecified atom stereocenters. The number of para-hydroxylation sites is 1. The molecule has 2 aromatic rings. The first-order valence-electron chi connectivity index (χ1n) is 7.36. The maximum Gasteiger partial charge on any atom is 0.170 e. The summed E-state index contributed by atoms with van der Waals surface area (Å²) in [6, 6.07) is 9.92. The number of nitrogens with zero attached hydrogens (tertiary/aromatic N) is 5. The van der Waals surface area contributed by atoms with Gasteiger partial charge in [-0.25, -0.2) is 0 Å². The van der Waals surface area contributed by atoms with Crippen molar-refractivity contribution in [2.45, 2.75) is 26.3 Å². The number of aliphatic hydroxyl groups excluding tert-OH is 1. The number of tetrazole rings is 1. The van der Waals surface area contributed by atoms with Crippen molar-refractivity contribution in [1.82, 2.24) is 25.1 Å². The van der Waals surface area contributed by atoms with Gasteiger partial charge >= 0.3 is 0 Å². The van der Waals surface area contributed by atoms with E-state index >= 15 is 0 Å². The molecule has 0 spiro atoms. The zero-order valence-electron chi connectivity index (χ0n) is 12.3. The van der Waals surface area contributed by atoms with E-state index in [2.05, 4.69) is 27.3 Å². The average Bonchev–Trinajstić information content (AvgIpc) is 2.96. The molecule has 6 heteroatoms. The van der Waals surface area contributed by atoms with Gasteiger partial charge in [-0.3, -0.25) is 4.90 Å². The predicted molar refractivity (Wildman–Crippen MR) is 78.9 cm³/mol. The highest BCUT2D eigenvalue weighted by atomic mass is 16.3. The summed E-state index contributed by atoms with van der Waals surface area (Å²) in [7, 11) is 0. The largest absolute Gasteiger partial charge is 0.396 e. The number of hydrogen-bond acceptors (Lipinski definition) is 5. The van der Waals surface area contributed by atoms with Crippen molar-refractivity contribution in [3.8, 4) is 5.69 Å². The van der Waals surface area contributed by atoms with E-state index in [0.717, 1.165) is 37.4 Å². The van der Waals surface area contributed by atoms with E-state index in [4.69, 9.17) is 0 Å². The first-order valence-corrected chi connectivity index (χ1v) is 7.36. The van der Waals surface area contributed by atoms with Gasteiger partial charge in [0.25, 0.3) is 0 Å². The third kappa shape index (κ3) is 3.11. The highest BCUT2D eigenvalue weighted by molar-refractivity contribution is 5.30. The summed E-state index contributed by atoms with van der Waals surface area (Å²) < 4.78 is 1.78. The molecule has 1 N–H and O–H groups in total. The van der Waals surface area contributed by atoms with Crippen LogP contribution in [0, 0.1) is 5.41 Å². The van der Waals surface area contributed by atoms with Crippen LogP contribution in [0.3, 0.4) is 0 Å². The van der Waals surface area contributed by atoms with E-state index in [9.17, 15) is 5.11 Å². The Morgan fingerprint density at radius 3 is 2.86 bits per heavy atom. The molecule has 0 amide bonds. The Hall–Kier alpha value is -1.79. The van der Waals surface area contributed by atoms with Gasteiger partial charge in [-0.1, -0.05) is 25.1 Å². The third-order valence-corrected chi connectivity index (χ3v) is 4.14. The molecular formula is C15H21N5O. The molecule has 1 fully saturated rings. The lowest BCUT2D eigenvalue weighted by molar-refractivity contribution is 0.0414. The number of aromatic nitrogens is 4. The zero-order valence-corrected chi connectivity index (χ0v) is 12.3. The maximum atomic E-state index is 9.55. The Morgan fingerprint density at radius 1 is 1.29 bits per heavy atom. The van der Waals surface area contributed by atoms with Crippen molar-refractivity contribution >= 4 is 0 Å². The van der Waals surface area contributed by atoms with Gasteiger partial charge in [0.05, 0.1) is 12.2 Å². The Bertz CT molecular complexity index is 585. The van der Waals surface area contributed by atoms with E-state index in [-0.39, 0.29) is 12.0 Å². The van der Waals surface area contributed by atoms with E-state index in [1.165, 1.54) is 0 Å². The number of rotatable bonds is 4. The summed E-state index contributed by atoms with van der Waals surface area (Å²) in [5.41, 5.74) is 0.961. The molecule has 0 radical (unpaired) electrons. The fourth-order valence-corrected chi connectivity index (χ4v) is 2.97. The van der Waals surface area contributed by atoms with Gasteiger partial charge in [-0.2, -0.15) is 4.68 Å². The monoisotopic (exact) mass is 287 g/mol. The number of aliphatic hydroxyl groups is 1. The van der Waals surface area contributed by atoms with E-state index < -0.39 is 0 Å². The Balaban J connectivity index is 1.76. The minimum Gasteiger partial charge on any atom is -0.396 e. The van der Waals surface area contributed by atoms with Crippen molar-refractivity contribution < 1.29 is 5.11 Å². The highest BCUT2D eigenvalue weighted by Gasteiger charge is 2.31. The molecule has 1 saturated heterocycles. The molecule has 1 aliphatic heterocycles. The smallest absolute Gasteiger partial charge is 0.170 e. The van der Waals surface area contributed by atoms with Crippen LogP contribution >= 0.6 is 0 Å². The van der Waals surface area contributed by atoms with Crippen LogP contribution in [0.15, 0.2) is 30.3 Å². The SMILES string of the molecule is CC1(CO)CCCN(Cc2nnnn2-c2ccccc2)C1. The number of hydrogen-bond donors (Lipinski definition) is 1. The van der Waals surface area contributed by atoms with Gasteiger partial charge < -0.3 is 5.11 Å². The minimum absolute atomic E-state index is 0.0106. The van der Waals surface area contributed by atoms with Gasteiger partial charge in [0.15, 0.2) is 5.82 Å². The van der Waals surface area contributed by atoms with Gasteiger partial charge in [-0.05, 0) is 41.9 Å². The van der Waals surface area contributed by atoms with Crippen molar-refractivity contribution in [3.05, 3.63) is 36.2 Å². The fourth-order valence-electron chi connectivity index (χ4n) is 2.97. The number of benzene rings is 1. The van der Waals surface area contributed by atoms with Crippen LogP contribution in [0.5, 0.6) is 0 Å². The van der Waals surface area contributed by atoms with Gasteiger partial charge in [-0.15, -0.1) is 5.10 Å². The maximum absolute atomic E-state index is 9.55. The summed E-state index contributed by atoms with van der Waals surface area (Å²) in [5.74, 6) is 0.836. The standard InChI is InChI=1S/C15H21N5O/c1-15(12-21)8-5-9-19(11-15)10-14-16-17-18-20(14)13-6-3-2-4-7-13/h2-4,6-7,21H,5,8-12H2,1H3. The van der Waals surface area contributed by atoms with Gasteiger partial charge in [0.1, 0.15) is 0 Å². The Kier molecular flexibility index (Phi) is 3.98. The van der Waals surface area contributed by atoms with Gasteiger partial charge in [0.2, 0.25) is 0 Å². The molecule has 1 aromatic carbocycles. The average molecular weight is 287 g/mol. The Labute approximate surface area is 124 Å². The normalized spacial score (nSPS) is 23.3. The second-order valence-electron chi connectivity index (χ2n) is 6.13. The molecule has 0 aliphatic carbocycles. The van der Waals surface area contributed by atoms with E-state index in [1.807, 2.05) is 30.3 Å². The molecule has 6 nitrogen and oxygen atoms in total. The van der Waals surface area contributed by atoms with Crippen molar-refractivity contribution in [3.63, 3.8) is 0 Å². The lowest BCUT2D eigenvalue weighted by Crippen LogP contribution is -2.43. The van der Waals surface area contributed by atoms with Crippen LogP contribution in [0.25, 0.3) is 5.69 Å². The molecule has 1 aliphatic rings. The number of piperidine rings is 1. The molecule has 0 saturated carbocycles. The minimum atomic E-state index is -0.0106. The molecule has 1 atom stereocenters. The van der Waals surface area contributed by atoms with Crippen LogP contribution in [0.1, 0.15) is 25.6 Å². The van der Waals surface area contributed by atoms with Crippen LogP contribution in [-0.4, -0.2) is 49.9 Å². The summed E-state index contributed by atoms with van der Waals surface area (Å²) >= 11 is 0. The summed E-state index contributed by atoms with van der Waals surface area (Å²) in [4.78, 5) is 2.32. The molecular weight excluding hydrogens is 266 g/mol. The second kappa shape index (κ2) is 5.91. The van der Waals surface area contributed by atoms with Crippen molar-refractivity contribution in [2.75, 3.05) is 19.7 Å². The Morgan fingerprint density at radius 2 is 2.10 bits per heavy atom.